The lowest BCUT2D eigenvalue weighted by Crippen LogP contribution is -2.27. The van der Waals surface area contributed by atoms with Crippen molar-refractivity contribution in [2.75, 3.05) is 7.05 Å². The van der Waals surface area contributed by atoms with Crippen LogP contribution in [0.5, 0.6) is 0 Å². The summed E-state index contributed by atoms with van der Waals surface area (Å²) in [4.78, 5) is 21.4. The number of aromatic amines is 1. The van der Waals surface area contributed by atoms with Gasteiger partial charge in [-0.3, -0.25) is 9.89 Å². The topological polar surface area (TPSA) is 101 Å². The predicted molar refractivity (Wildman–Crippen MR) is 85.9 cm³/mol. The maximum atomic E-state index is 13.0. The van der Waals surface area contributed by atoms with Crippen LogP contribution in [0.2, 0.25) is 0 Å². The minimum absolute atomic E-state index is 0.0166. The summed E-state index contributed by atoms with van der Waals surface area (Å²) in [5.74, 6) is 0.421. The van der Waals surface area contributed by atoms with Gasteiger partial charge < -0.3 is 9.42 Å². The van der Waals surface area contributed by atoms with Gasteiger partial charge in [0.15, 0.2) is 5.82 Å². The fourth-order valence-electron chi connectivity index (χ4n) is 2.45. The molecule has 0 aliphatic rings. The maximum Gasteiger partial charge on any atom is 0.416 e. The molecule has 0 saturated carbocycles. The van der Waals surface area contributed by atoms with Crippen LogP contribution in [0.25, 0.3) is 11.6 Å². The fourth-order valence-corrected chi connectivity index (χ4v) is 2.45. The number of carbonyl (C=O) groups is 1. The Balaban J connectivity index is 1.59. The van der Waals surface area contributed by atoms with Crippen molar-refractivity contribution in [1.82, 2.24) is 30.2 Å². The van der Waals surface area contributed by atoms with Crippen LogP contribution in [0, 0.1) is 0 Å². The van der Waals surface area contributed by atoms with E-state index in [2.05, 4.69) is 25.3 Å². The van der Waals surface area contributed by atoms with Gasteiger partial charge >= 0.3 is 6.18 Å². The van der Waals surface area contributed by atoms with Gasteiger partial charge in [-0.1, -0.05) is 23.4 Å². The van der Waals surface area contributed by atoms with E-state index in [9.17, 15) is 18.0 Å². The van der Waals surface area contributed by atoms with E-state index in [4.69, 9.17) is 4.52 Å². The van der Waals surface area contributed by atoms with Crippen LogP contribution in [-0.4, -0.2) is 43.2 Å². The van der Waals surface area contributed by atoms with Crippen LogP contribution < -0.4 is 0 Å². The molecule has 0 aliphatic carbocycles. The number of aromatic nitrogens is 5. The molecule has 2 aromatic heterocycles. The molecule has 1 amide bonds. The van der Waals surface area contributed by atoms with Gasteiger partial charge in [-0.15, -0.1) is 0 Å². The lowest BCUT2D eigenvalue weighted by molar-refractivity contribution is -0.139. The number of nitrogens with zero attached hydrogens (tertiary/aromatic N) is 5. The van der Waals surface area contributed by atoms with Crippen LogP contribution in [0.3, 0.4) is 0 Å². The SMILES string of the molecule is CN(Cc1ccccc1C(F)(F)F)C(=O)CCc1nc(-c2ncn[nH]2)no1. The van der Waals surface area contributed by atoms with Crippen LogP contribution in [0.4, 0.5) is 13.2 Å². The lowest BCUT2D eigenvalue weighted by Gasteiger charge is -2.20. The second kappa shape index (κ2) is 7.56. The average Bonchev–Trinajstić information content (AvgIpc) is 3.30. The summed E-state index contributed by atoms with van der Waals surface area (Å²) in [6.07, 6.45) is -3.00. The third-order valence-electron chi connectivity index (χ3n) is 3.80. The smallest absolute Gasteiger partial charge is 0.341 e. The zero-order valence-electron chi connectivity index (χ0n) is 14.2. The number of nitrogens with one attached hydrogen (secondary N) is 1. The Labute approximate surface area is 151 Å². The van der Waals surface area contributed by atoms with E-state index in [0.29, 0.717) is 5.82 Å². The highest BCUT2D eigenvalue weighted by atomic mass is 19.4. The molecule has 0 bridgehead atoms. The Hall–Kier alpha value is -3.24. The number of aryl methyl sites for hydroxylation is 1. The Morgan fingerprint density at radius 3 is 2.78 bits per heavy atom. The molecule has 1 N–H and O–H groups in total. The lowest BCUT2D eigenvalue weighted by atomic mass is 10.1. The highest BCUT2D eigenvalue weighted by Crippen LogP contribution is 2.32. The van der Waals surface area contributed by atoms with Crippen molar-refractivity contribution in [2.45, 2.75) is 25.6 Å². The van der Waals surface area contributed by atoms with E-state index in [-0.39, 0.29) is 42.6 Å². The van der Waals surface area contributed by atoms with Gasteiger partial charge in [0.1, 0.15) is 6.33 Å². The number of hydrogen-bond donors (Lipinski definition) is 1. The van der Waals surface area contributed by atoms with E-state index < -0.39 is 11.7 Å². The zero-order chi connectivity index (χ0) is 19.4. The van der Waals surface area contributed by atoms with Gasteiger partial charge in [0.2, 0.25) is 17.6 Å². The number of amides is 1. The molecule has 0 fully saturated rings. The molecule has 142 valence electrons. The van der Waals surface area contributed by atoms with Gasteiger partial charge in [0, 0.05) is 26.4 Å². The number of alkyl halides is 3. The van der Waals surface area contributed by atoms with Crippen LogP contribution in [0.1, 0.15) is 23.4 Å². The highest BCUT2D eigenvalue weighted by molar-refractivity contribution is 5.76. The summed E-state index contributed by atoms with van der Waals surface area (Å²) < 4.78 is 44.2. The number of H-pyrrole nitrogens is 1. The Bertz CT molecular complexity index is 907. The molecular weight excluding hydrogens is 365 g/mol. The fraction of sp³-hybridized carbons (Fsp3) is 0.312. The molecule has 8 nitrogen and oxygen atoms in total. The highest BCUT2D eigenvalue weighted by Gasteiger charge is 2.33. The van der Waals surface area contributed by atoms with Crippen LogP contribution >= 0.6 is 0 Å². The van der Waals surface area contributed by atoms with Crippen molar-refractivity contribution < 1.29 is 22.5 Å². The molecule has 0 unspecified atom stereocenters. The quantitative estimate of drug-likeness (QED) is 0.705. The Morgan fingerprint density at radius 2 is 2.07 bits per heavy atom. The molecule has 1 aromatic carbocycles. The van der Waals surface area contributed by atoms with E-state index in [1.807, 2.05) is 0 Å². The predicted octanol–water partition coefficient (Wildman–Crippen LogP) is 2.46. The average molecular weight is 380 g/mol. The molecule has 3 aromatic rings. The summed E-state index contributed by atoms with van der Waals surface area (Å²) in [6.45, 7) is -0.151. The summed E-state index contributed by atoms with van der Waals surface area (Å²) in [6, 6.07) is 5.17. The molecule has 11 heteroatoms. The first-order valence-corrected chi connectivity index (χ1v) is 7.92. The Kier molecular flexibility index (Phi) is 5.19. The van der Waals surface area contributed by atoms with Gasteiger partial charge in [-0.05, 0) is 11.6 Å². The zero-order valence-corrected chi connectivity index (χ0v) is 14.2. The molecule has 27 heavy (non-hydrogen) atoms. The molecule has 3 rings (SSSR count). The van der Waals surface area contributed by atoms with Crippen molar-refractivity contribution in [3.8, 4) is 11.6 Å². The summed E-state index contributed by atoms with van der Waals surface area (Å²) >= 11 is 0. The molecule has 2 heterocycles. The number of benzene rings is 1. The number of rotatable bonds is 6. The van der Waals surface area contributed by atoms with Gasteiger partial charge in [-0.2, -0.15) is 23.3 Å². The minimum atomic E-state index is -4.47. The monoisotopic (exact) mass is 380 g/mol. The van der Waals surface area contributed by atoms with Crippen molar-refractivity contribution in [2.24, 2.45) is 0 Å². The second-order valence-electron chi connectivity index (χ2n) is 5.75. The van der Waals surface area contributed by atoms with E-state index in [0.717, 1.165) is 6.07 Å². The minimum Gasteiger partial charge on any atom is -0.341 e. The first-order chi connectivity index (χ1) is 12.8. The largest absolute Gasteiger partial charge is 0.416 e. The number of carbonyl (C=O) groups excluding carboxylic acids is 1. The van der Waals surface area contributed by atoms with Gasteiger partial charge in [0.05, 0.1) is 5.56 Å². The first-order valence-electron chi connectivity index (χ1n) is 7.92. The molecule has 0 spiro atoms. The number of halogens is 3. The molecule has 0 atom stereocenters. The van der Waals surface area contributed by atoms with Crippen molar-refractivity contribution in [3.05, 3.63) is 47.6 Å². The van der Waals surface area contributed by atoms with Crippen LogP contribution in [0.15, 0.2) is 35.1 Å². The van der Waals surface area contributed by atoms with E-state index in [1.54, 1.807) is 0 Å². The van der Waals surface area contributed by atoms with Gasteiger partial charge in [0.25, 0.3) is 0 Å². The standard InChI is InChI=1S/C16H15F3N6O2/c1-25(8-10-4-2-3-5-11(10)16(17,18)19)13(26)7-6-12-22-15(24-27-12)14-20-9-21-23-14/h2-5,9H,6-8H2,1H3,(H,20,21,23). The van der Waals surface area contributed by atoms with Crippen molar-refractivity contribution in [3.63, 3.8) is 0 Å². The molecular formula is C16H15F3N6O2. The number of hydrogen-bond acceptors (Lipinski definition) is 6. The summed E-state index contributed by atoms with van der Waals surface area (Å²) in [5.41, 5.74) is -0.718. The molecule has 0 aliphatic heterocycles. The van der Waals surface area contributed by atoms with E-state index in [1.165, 1.54) is 36.5 Å². The van der Waals surface area contributed by atoms with Crippen LogP contribution in [-0.2, 0) is 23.9 Å². The summed E-state index contributed by atoms with van der Waals surface area (Å²) in [7, 11) is 1.45. The third-order valence-corrected chi connectivity index (χ3v) is 3.80. The molecule has 0 radical (unpaired) electrons. The first kappa shape index (κ1) is 18.5. The third kappa shape index (κ3) is 4.49. The molecule has 0 saturated heterocycles. The van der Waals surface area contributed by atoms with E-state index >= 15 is 0 Å². The van der Waals surface area contributed by atoms with Crippen molar-refractivity contribution in [1.29, 1.82) is 0 Å². The summed E-state index contributed by atoms with van der Waals surface area (Å²) in [5, 5.41) is 9.97. The second-order valence-corrected chi connectivity index (χ2v) is 5.75. The normalized spacial score (nSPS) is 11.6. The van der Waals surface area contributed by atoms with Gasteiger partial charge in [-0.25, -0.2) is 4.98 Å². The Morgan fingerprint density at radius 1 is 1.30 bits per heavy atom. The van der Waals surface area contributed by atoms with Crippen molar-refractivity contribution >= 4 is 5.91 Å². The maximum absolute atomic E-state index is 13.0.